The molecule has 0 spiro atoms. The van der Waals surface area contributed by atoms with Crippen LogP contribution in [0.3, 0.4) is 0 Å². The highest BCUT2D eigenvalue weighted by molar-refractivity contribution is 14.0. The summed E-state index contributed by atoms with van der Waals surface area (Å²) in [6.45, 7) is 4.45. The first-order valence-electron chi connectivity index (χ1n) is 6.59. The molecule has 6 heteroatoms. The van der Waals surface area contributed by atoms with Crippen LogP contribution < -0.4 is 10.6 Å². The minimum atomic E-state index is 0. The Hall–Kier alpha value is -0.790. The molecule has 0 amide bonds. The summed E-state index contributed by atoms with van der Waals surface area (Å²) < 4.78 is 5.52. The highest BCUT2D eigenvalue weighted by Crippen LogP contribution is 2.17. The number of halogens is 1. The van der Waals surface area contributed by atoms with Gasteiger partial charge in [-0.15, -0.1) is 24.0 Å². The van der Waals surface area contributed by atoms with E-state index < -0.39 is 0 Å². The van der Waals surface area contributed by atoms with Crippen LogP contribution in [0.25, 0.3) is 0 Å². The Morgan fingerprint density at radius 2 is 2.05 bits per heavy atom. The van der Waals surface area contributed by atoms with Crippen LogP contribution in [0, 0.1) is 13.8 Å². The first kappa shape index (κ1) is 16.3. The van der Waals surface area contributed by atoms with Crippen molar-refractivity contribution in [1.29, 1.82) is 0 Å². The van der Waals surface area contributed by atoms with E-state index in [2.05, 4.69) is 20.6 Å². The number of aromatic nitrogens is 1. The van der Waals surface area contributed by atoms with E-state index in [1.807, 2.05) is 13.8 Å². The summed E-state index contributed by atoms with van der Waals surface area (Å²) in [5, 5.41) is 6.66. The predicted molar refractivity (Wildman–Crippen MR) is 87.0 cm³/mol. The highest BCUT2D eigenvalue weighted by atomic mass is 127. The molecular formula is C13H23IN4O. The highest BCUT2D eigenvalue weighted by Gasteiger charge is 2.16. The molecule has 108 valence electrons. The Morgan fingerprint density at radius 3 is 2.58 bits per heavy atom. The summed E-state index contributed by atoms with van der Waals surface area (Å²) in [7, 11) is 1.79. The minimum absolute atomic E-state index is 0. The molecular weight excluding hydrogens is 355 g/mol. The van der Waals surface area contributed by atoms with Gasteiger partial charge in [0.05, 0.1) is 12.2 Å². The predicted octanol–water partition coefficient (Wildman–Crippen LogP) is 2.52. The Kier molecular flexibility index (Phi) is 6.60. The second-order valence-electron chi connectivity index (χ2n) is 4.80. The van der Waals surface area contributed by atoms with Gasteiger partial charge in [0.2, 0.25) is 5.89 Å². The quantitative estimate of drug-likeness (QED) is 0.482. The number of rotatable bonds is 3. The molecule has 1 heterocycles. The fraction of sp³-hybridized carbons (Fsp3) is 0.692. The summed E-state index contributed by atoms with van der Waals surface area (Å²) in [5.74, 6) is 2.42. The molecule has 5 nitrogen and oxygen atoms in total. The molecule has 0 aromatic carbocycles. The van der Waals surface area contributed by atoms with E-state index >= 15 is 0 Å². The van der Waals surface area contributed by atoms with Gasteiger partial charge in [-0.2, -0.15) is 0 Å². The molecule has 0 aliphatic heterocycles. The van der Waals surface area contributed by atoms with Gasteiger partial charge in [-0.1, -0.05) is 12.8 Å². The van der Waals surface area contributed by atoms with Crippen molar-refractivity contribution in [2.24, 2.45) is 4.99 Å². The zero-order chi connectivity index (χ0) is 13.0. The van der Waals surface area contributed by atoms with Gasteiger partial charge in [0.15, 0.2) is 5.96 Å². The molecule has 2 rings (SSSR count). The third kappa shape index (κ3) is 4.67. The first-order chi connectivity index (χ1) is 8.69. The number of hydrogen-bond donors (Lipinski definition) is 2. The minimum Gasteiger partial charge on any atom is -0.444 e. The van der Waals surface area contributed by atoms with Crippen LogP contribution in [0.2, 0.25) is 0 Å². The number of nitrogens with zero attached hydrogens (tertiary/aromatic N) is 2. The molecule has 1 saturated carbocycles. The monoisotopic (exact) mass is 378 g/mol. The van der Waals surface area contributed by atoms with Crippen molar-refractivity contribution in [2.45, 2.75) is 52.1 Å². The van der Waals surface area contributed by atoms with Crippen molar-refractivity contribution >= 4 is 29.9 Å². The van der Waals surface area contributed by atoms with E-state index in [4.69, 9.17) is 4.42 Å². The van der Waals surface area contributed by atoms with Crippen LogP contribution in [-0.2, 0) is 6.54 Å². The molecule has 0 saturated heterocycles. The van der Waals surface area contributed by atoms with Gasteiger partial charge < -0.3 is 15.1 Å². The van der Waals surface area contributed by atoms with Crippen LogP contribution in [-0.4, -0.2) is 24.0 Å². The van der Waals surface area contributed by atoms with Crippen LogP contribution in [0.4, 0.5) is 0 Å². The van der Waals surface area contributed by atoms with Crippen LogP contribution in [0.15, 0.2) is 9.41 Å². The molecule has 0 bridgehead atoms. The van der Waals surface area contributed by atoms with Crippen LogP contribution >= 0.6 is 24.0 Å². The van der Waals surface area contributed by atoms with Gasteiger partial charge in [-0.25, -0.2) is 4.98 Å². The number of aliphatic imine (C=N–C) groups is 1. The SMILES string of the molecule is CN=C(NCc1nc(C)c(C)o1)NC1CCCC1.I. The van der Waals surface area contributed by atoms with Gasteiger partial charge >= 0.3 is 0 Å². The number of hydrogen-bond acceptors (Lipinski definition) is 3. The second-order valence-corrected chi connectivity index (χ2v) is 4.80. The molecule has 1 fully saturated rings. The summed E-state index contributed by atoms with van der Waals surface area (Å²) >= 11 is 0. The lowest BCUT2D eigenvalue weighted by atomic mass is 10.2. The topological polar surface area (TPSA) is 62.5 Å². The molecule has 1 aromatic heterocycles. The maximum atomic E-state index is 5.52. The van der Waals surface area contributed by atoms with Crippen molar-refractivity contribution in [3.63, 3.8) is 0 Å². The maximum absolute atomic E-state index is 5.52. The maximum Gasteiger partial charge on any atom is 0.214 e. The van der Waals surface area contributed by atoms with Crippen molar-refractivity contribution in [1.82, 2.24) is 15.6 Å². The molecule has 19 heavy (non-hydrogen) atoms. The summed E-state index contributed by atoms with van der Waals surface area (Å²) in [6, 6.07) is 0.559. The number of aryl methyl sites for hydroxylation is 2. The normalized spacial score (nSPS) is 16.3. The zero-order valence-corrected chi connectivity index (χ0v) is 14.2. The molecule has 2 N–H and O–H groups in total. The largest absolute Gasteiger partial charge is 0.444 e. The van der Waals surface area contributed by atoms with Gasteiger partial charge in [0.25, 0.3) is 0 Å². The molecule has 0 unspecified atom stereocenters. The number of guanidine groups is 1. The van der Waals surface area contributed by atoms with E-state index in [-0.39, 0.29) is 24.0 Å². The van der Waals surface area contributed by atoms with Gasteiger partial charge in [-0.05, 0) is 26.7 Å². The fourth-order valence-electron chi connectivity index (χ4n) is 2.23. The van der Waals surface area contributed by atoms with E-state index in [0.717, 1.165) is 17.4 Å². The third-order valence-electron chi connectivity index (χ3n) is 3.40. The molecule has 1 aliphatic rings. The number of nitrogens with one attached hydrogen (secondary N) is 2. The molecule has 0 radical (unpaired) electrons. The van der Waals surface area contributed by atoms with E-state index in [1.165, 1.54) is 25.7 Å². The van der Waals surface area contributed by atoms with Gasteiger partial charge in [-0.3, -0.25) is 4.99 Å². The van der Waals surface area contributed by atoms with Gasteiger partial charge in [0, 0.05) is 13.1 Å². The average Bonchev–Trinajstić information content (AvgIpc) is 2.96. The lowest BCUT2D eigenvalue weighted by Crippen LogP contribution is -2.41. The Balaban J connectivity index is 0.00000180. The number of oxazole rings is 1. The summed E-state index contributed by atoms with van der Waals surface area (Å²) in [4.78, 5) is 8.56. The fourth-order valence-corrected chi connectivity index (χ4v) is 2.23. The van der Waals surface area contributed by atoms with E-state index in [9.17, 15) is 0 Å². The Morgan fingerprint density at radius 1 is 1.37 bits per heavy atom. The lowest BCUT2D eigenvalue weighted by Gasteiger charge is -2.15. The Labute approximate surface area is 131 Å². The van der Waals surface area contributed by atoms with Gasteiger partial charge in [0.1, 0.15) is 5.76 Å². The third-order valence-corrected chi connectivity index (χ3v) is 3.40. The van der Waals surface area contributed by atoms with Crippen molar-refractivity contribution < 1.29 is 4.42 Å². The van der Waals surface area contributed by atoms with Crippen LogP contribution in [0.1, 0.15) is 43.0 Å². The van der Waals surface area contributed by atoms with E-state index in [1.54, 1.807) is 7.05 Å². The smallest absolute Gasteiger partial charge is 0.214 e. The zero-order valence-electron chi connectivity index (χ0n) is 11.8. The molecule has 1 aliphatic carbocycles. The average molecular weight is 378 g/mol. The summed E-state index contributed by atoms with van der Waals surface area (Å²) in [6.07, 6.45) is 5.09. The lowest BCUT2D eigenvalue weighted by molar-refractivity contribution is 0.462. The standard InChI is InChI=1S/C13H22N4O.HI/c1-9-10(2)18-12(16-9)8-15-13(14-3)17-11-6-4-5-7-11;/h11H,4-8H2,1-3H3,(H2,14,15,17);1H. The van der Waals surface area contributed by atoms with Crippen molar-refractivity contribution in [2.75, 3.05) is 7.05 Å². The summed E-state index contributed by atoms with van der Waals surface area (Å²) in [5.41, 5.74) is 0.950. The van der Waals surface area contributed by atoms with Crippen molar-refractivity contribution in [3.8, 4) is 0 Å². The van der Waals surface area contributed by atoms with Crippen LogP contribution in [0.5, 0.6) is 0 Å². The molecule has 0 atom stereocenters. The van der Waals surface area contributed by atoms with Crippen molar-refractivity contribution in [3.05, 3.63) is 17.3 Å². The Bertz CT molecular complexity index is 405. The molecule has 1 aromatic rings. The second kappa shape index (κ2) is 7.72. The first-order valence-corrected chi connectivity index (χ1v) is 6.59. The van der Waals surface area contributed by atoms with E-state index in [0.29, 0.717) is 18.5 Å².